The van der Waals surface area contributed by atoms with E-state index in [0.717, 1.165) is 22.2 Å². The van der Waals surface area contributed by atoms with E-state index in [9.17, 15) is 4.79 Å². The average molecular weight is 360 g/mol. The third-order valence-electron chi connectivity index (χ3n) is 4.69. The summed E-state index contributed by atoms with van der Waals surface area (Å²) in [4.78, 5) is 14.7. The van der Waals surface area contributed by atoms with Gasteiger partial charge >= 0.3 is 0 Å². The second-order valence-corrected chi connectivity index (χ2v) is 6.76. The van der Waals surface area contributed by atoms with E-state index in [1.165, 1.54) is 6.20 Å². The Morgan fingerprint density at radius 2 is 1.93 bits per heavy atom. The second-order valence-electron chi connectivity index (χ2n) is 6.76. The van der Waals surface area contributed by atoms with E-state index in [2.05, 4.69) is 10.2 Å². The Balaban J connectivity index is 1.92. The first-order chi connectivity index (χ1) is 13.0. The number of rotatable bonds is 3. The van der Waals surface area contributed by atoms with Crippen LogP contribution in [0.25, 0.3) is 22.1 Å². The number of hydrogen-bond acceptors (Lipinski definition) is 5. The van der Waals surface area contributed by atoms with Crippen LogP contribution in [-0.4, -0.2) is 23.2 Å². The predicted molar refractivity (Wildman–Crippen MR) is 106 cm³/mol. The van der Waals surface area contributed by atoms with Crippen molar-refractivity contribution in [1.29, 1.82) is 0 Å². The normalized spacial score (nSPS) is 12.4. The first-order valence-corrected chi connectivity index (χ1v) is 8.74. The van der Waals surface area contributed by atoms with Crippen molar-refractivity contribution in [1.82, 2.24) is 10.2 Å². The quantitative estimate of drug-likeness (QED) is 0.597. The van der Waals surface area contributed by atoms with Gasteiger partial charge in [0.25, 0.3) is 5.91 Å². The molecule has 6 heteroatoms. The molecule has 6 nitrogen and oxygen atoms in total. The monoisotopic (exact) mass is 360 g/mol. The zero-order valence-corrected chi connectivity index (χ0v) is 15.4. The zero-order valence-electron chi connectivity index (χ0n) is 15.4. The van der Waals surface area contributed by atoms with E-state index in [-0.39, 0.29) is 11.9 Å². The highest BCUT2D eigenvalue weighted by atomic mass is 16.3. The van der Waals surface area contributed by atoms with Gasteiger partial charge in [-0.1, -0.05) is 24.3 Å². The van der Waals surface area contributed by atoms with Gasteiger partial charge in [-0.15, -0.1) is 5.10 Å². The van der Waals surface area contributed by atoms with Gasteiger partial charge in [-0.3, -0.25) is 4.79 Å². The first kappa shape index (κ1) is 17.2. The van der Waals surface area contributed by atoms with Crippen molar-refractivity contribution in [3.63, 3.8) is 0 Å². The van der Waals surface area contributed by atoms with Crippen molar-refractivity contribution in [2.24, 2.45) is 5.73 Å². The lowest BCUT2D eigenvalue weighted by molar-refractivity contribution is 0.0993. The number of fused-ring (bicyclic) bond motifs is 3. The summed E-state index contributed by atoms with van der Waals surface area (Å²) in [6, 6.07) is 13.2. The van der Waals surface area contributed by atoms with Crippen LogP contribution in [0.5, 0.6) is 0 Å². The second kappa shape index (κ2) is 6.48. The Morgan fingerprint density at radius 3 is 2.63 bits per heavy atom. The van der Waals surface area contributed by atoms with Crippen LogP contribution in [0.15, 0.2) is 53.1 Å². The number of anilines is 1. The van der Waals surface area contributed by atoms with Gasteiger partial charge in [-0.25, -0.2) is 0 Å². The number of benzene rings is 2. The molecule has 0 aliphatic carbocycles. The number of para-hydroxylation sites is 1. The van der Waals surface area contributed by atoms with Crippen molar-refractivity contribution >= 4 is 33.7 Å². The van der Waals surface area contributed by atoms with Crippen LogP contribution in [0.4, 0.5) is 5.69 Å². The number of carbonyl (C=O) groups excluding carboxylic acids is 1. The first-order valence-electron chi connectivity index (χ1n) is 8.74. The minimum Gasteiger partial charge on any atom is -0.453 e. The van der Waals surface area contributed by atoms with Gasteiger partial charge in [0.2, 0.25) is 0 Å². The molecule has 0 bridgehead atoms. The molecular weight excluding hydrogens is 340 g/mol. The van der Waals surface area contributed by atoms with Crippen molar-refractivity contribution in [2.75, 3.05) is 11.9 Å². The molecule has 0 saturated carbocycles. The van der Waals surface area contributed by atoms with Crippen molar-refractivity contribution in [3.05, 3.63) is 65.4 Å². The van der Waals surface area contributed by atoms with Crippen LogP contribution in [0.2, 0.25) is 0 Å². The SMILES string of the molecule is Cc1cc([C@@H](C)N)c2oc3c(C(=O)N(C)c4ccccc4)cnnc3c2c1. The van der Waals surface area contributed by atoms with E-state index < -0.39 is 0 Å². The summed E-state index contributed by atoms with van der Waals surface area (Å²) in [5, 5.41) is 9.10. The third kappa shape index (κ3) is 2.84. The molecule has 1 amide bonds. The Morgan fingerprint density at radius 1 is 1.19 bits per heavy atom. The number of amides is 1. The van der Waals surface area contributed by atoms with Gasteiger partial charge in [-0.2, -0.15) is 5.10 Å². The van der Waals surface area contributed by atoms with E-state index >= 15 is 0 Å². The lowest BCUT2D eigenvalue weighted by Gasteiger charge is -2.16. The number of aromatic nitrogens is 2. The van der Waals surface area contributed by atoms with E-state index in [0.29, 0.717) is 22.2 Å². The summed E-state index contributed by atoms with van der Waals surface area (Å²) >= 11 is 0. The standard InChI is InChI=1S/C21H20N4O2/c1-12-9-15(13(2)22)19-16(10-12)18-20(27-19)17(11-23-24-18)21(26)25(3)14-7-5-4-6-8-14/h4-11,13H,22H2,1-3H3/t13-/m1/s1. The zero-order chi connectivity index (χ0) is 19.1. The van der Waals surface area contributed by atoms with Crippen LogP contribution in [0.1, 0.15) is 34.5 Å². The maximum atomic E-state index is 13.1. The molecule has 4 rings (SSSR count). The summed E-state index contributed by atoms with van der Waals surface area (Å²) in [5.74, 6) is -0.209. The van der Waals surface area contributed by atoms with Gasteiger partial charge in [0, 0.05) is 29.7 Å². The van der Waals surface area contributed by atoms with Crippen LogP contribution in [-0.2, 0) is 0 Å². The average Bonchev–Trinajstić information content (AvgIpc) is 3.05. The van der Waals surface area contributed by atoms with Gasteiger partial charge in [0.05, 0.1) is 6.20 Å². The lowest BCUT2D eigenvalue weighted by Crippen LogP contribution is -2.26. The van der Waals surface area contributed by atoms with Crippen molar-refractivity contribution in [2.45, 2.75) is 19.9 Å². The van der Waals surface area contributed by atoms with Gasteiger partial charge < -0.3 is 15.1 Å². The number of carbonyl (C=O) groups is 1. The molecule has 1 atom stereocenters. The number of nitrogens with zero attached hydrogens (tertiary/aromatic N) is 3. The Bertz CT molecular complexity index is 1150. The minimum atomic E-state index is -0.209. The molecule has 0 unspecified atom stereocenters. The molecule has 0 aliphatic rings. The number of furan rings is 1. The van der Waals surface area contributed by atoms with Crippen LogP contribution >= 0.6 is 0 Å². The number of aryl methyl sites for hydroxylation is 1. The highest BCUT2D eigenvalue weighted by Crippen LogP contribution is 2.34. The molecule has 0 spiro atoms. The highest BCUT2D eigenvalue weighted by Gasteiger charge is 2.23. The molecule has 4 aromatic rings. The molecule has 0 fully saturated rings. The molecule has 136 valence electrons. The van der Waals surface area contributed by atoms with Gasteiger partial charge in [0.15, 0.2) is 5.58 Å². The molecular formula is C21H20N4O2. The van der Waals surface area contributed by atoms with Crippen molar-refractivity contribution < 1.29 is 9.21 Å². The summed E-state index contributed by atoms with van der Waals surface area (Å²) in [5.41, 5.74) is 10.9. The summed E-state index contributed by atoms with van der Waals surface area (Å²) in [6.07, 6.45) is 1.45. The molecule has 2 aromatic carbocycles. The minimum absolute atomic E-state index is 0.202. The molecule has 2 aromatic heterocycles. The van der Waals surface area contributed by atoms with E-state index in [4.69, 9.17) is 10.2 Å². The van der Waals surface area contributed by atoms with E-state index in [1.54, 1.807) is 11.9 Å². The Kier molecular flexibility index (Phi) is 4.12. The van der Waals surface area contributed by atoms with Crippen LogP contribution in [0.3, 0.4) is 0 Å². The highest BCUT2D eigenvalue weighted by molar-refractivity contribution is 6.16. The summed E-state index contributed by atoms with van der Waals surface area (Å²) < 4.78 is 6.11. The smallest absolute Gasteiger partial charge is 0.263 e. The van der Waals surface area contributed by atoms with Crippen LogP contribution < -0.4 is 10.6 Å². The third-order valence-corrected chi connectivity index (χ3v) is 4.69. The molecule has 27 heavy (non-hydrogen) atoms. The van der Waals surface area contributed by atoms with Gasteiger partial charge in [0.1, 0.15) is 16.7 Å². The van der Waals surface area contributed by atoms with Crippen molar-refractivity contribution in [3.8, 4) is 0 Å². The molecule has 0 aliphatic heterocycles. The number of hydrogen-bond donors (Lipinski definition) is 1. The predicted octanol–water partition coefficient (Wildman–Crippen LogP) is 3.98. The number of nitrogens with two attached hydrogens (primary N) is 1. The molecule has 2 heterocycles. The maximum absolute atomic E-state index is 13.1. The molecule has 2 N–H and O–H groups in total. The Labute approximate surface area is 156 Å². The van der Waals surface area contributed by atoms with E-state index in [1.807, 2.05) is 56.3 Å². The fourth-order valence-corrected chi connectivity index (χ4v) is 3.29. The Hall–Kier alpha value is -3.25. The fraction of sp³-hybridized carbons (Fsp3) is 0.190. The maximum Gasteiger partial charge on any atom is 0.263 e. The largest absolute Gasteiger partial charge is 0.453 e. The summed E-state index contributed by atoms with van der Waals surface area (Å²) in [6.45, 7) is 3.90. The van der Waals surface area contributed by atoms with Crippen LogP contribution in [0, 0.1) is 6.92 Å². The molecule has 0 saturated heterocycles. The fourth-order valence-electron chi connectivity index (χ4n) is 3.29. The lowest BCUT2D eigenvalue weighted by atomic mass is 10.0. The topological polar surface area (TPSA) is 85.2 Å². The van der Waals surface area contributed by atoms with Gasteiger partial charge in [-0.05, 0) is 37.6 Å². The molecule has 0 radical (unpaired) electrons. The summed E-state index contributed by atoms with van der Waals surface area (Å²) in [7, 11) is 1.73.